The highest BCUT2D eigenvalue weighted by atomic mass is 79.9. The first-order chi connectivity index (χ1) is 13.2. The van der Waals surface area contributed by atoms with E-state index in [0.717, 1.165) is 6.42 Å². The molecule has 0 radical (unpaired) electrons. The van der Waals surface area contributed by atoms with Crippen LogP contribution in [0.4, 0.5) is 5.69 Å². The molecule has 0 saturated heterocycles. The molecule has 28 heavy (non-hydrogen) atoms. The fourth-order valence-corrected chi connectivity index (χ4v) is 4.00. The van der Waals surface area contributed by atoms with Crippen molar-refractivity contribution in [3.8, 4) is 0 Å². The summed E-state index contributed by atoms with van der Waals surface area (Å²) in [6.45, 7) is 3.79. The molecule has 150 valence electrons. The topological polar surface area (TPSA) is 102 Å². The van der Waals surface area contributed by atoms with Gasteiger partial charge in [0.05, 0.1) is 23.9 Å². The van der Waals surface area contributed by atoms with Gasteiger partial charge in [0.2, 0.25) is 0 Å². The normalized spacial score (nSPS) is 12.1. The second kappa shape index (κ2) is 9.20. The first-order valence-corrected chi connectivity index (χ1v) is 10.8. The lowest BCUT2D eigenvalue weighted by atomic mass is 10.1. The quantitative estimate of drug-likeness (QED) is 0.604. The van der Waals surface area contributed by atoms with Gasteiger partial charge in [0.25, 0.3) is 15.9 Å². The van der Waals surface area contributed by atoms with Crippen LogP contribution in [-0.2, 0) is 14.8 Å². The molecule has 2 aromatic carbocycles. The van der Waals surface area contributed by atoms with Gasteiger partial charge in [-0.1, -0.05) is 35.0 Å². The molecular weight excluding hydrogens is 448 g/mol. The maximum absolute atomic E-state index is 12.9. The standard InChI is InChI=1S/C19H21BrN2O5S/c1-4-12(2)21-18(23)14-7-5-6-8-16(14)22-28(25,26)17-10-9-13(20)11-15(17)19(24)27-3/h5-12,22H,4H2,1-3H3,(H,21,23). The number of halogens is 1. The Bertz CT molecular complexity index is 992. The zero-order valence-electron chi connectivity index (χ0n) is 15.7. The molecule has 9 heteroatoms. The van der Waals surface area contributed by atoms with Crippen molar-refractivity contribution in [2.24, 2.45) is 0 Å². The van der Waals surface area contributed by atoms with Crippen LogP contribution >= 0.6 is 15.9 Å². The number of methoxy groups -OCH3 is 1. The van der Waals surface area contributed by atoms with Crippen molar-refractivity contribution in [2.45, 2.75) is 31.2 Å². The lowest BCUT2D eigenvalue weighted by Gasteiger charge is -2.16. The van der Waals surface area contributed by atoms with E-state index in [4.69, 9.17) is 0 Å². The number of hydrogen-bond donors (Lipinski definition) is 2. The van der Waals surface area contributed by atoms with Gasteiger partial charge in [-0.15, -0.1) is 0 Å². The first kappa shape index (κ1) is 21.9. The fourth-order valence-electron chi connectivity index (χ4n) is 2.38. The van der Waals surface area contributed by atoms with E-state index in [1.165, 1.54) is 37.4 Å². The Morgan fingerprint density at radius 3 is 2.46 bits per heavy atom. The van der Waals surface area contributed by atoms with Crippen molar-refractivity contribution in [1.82, 2.24) is 5.32 Å². The summed E-state index contributed by atoms with van der Waals surface area (Å²) in [6, 6.07) is 10.4. The number of amides is 1. The van der Waals surface area contributed by atoms with Crippen molar-refractivity contribution in [2.75, 3.05) is 11.8 Å². The summed E-state index contributed by atoms with van der Waals surface area (Å²) in [4.78, 5) is 24.3. The molecule has 2 N–H and O–H groups in total. The SMILES string of the molecule is CCC(C)NC(=O)c1ccccc1NS(=O)(=O)c1ccc(Br)cc1C(=O)OC. The van der Waals surface area contributed by atoms with Gasteiger partial charge in [-0.2, -0.15) is 0 Å². The number of hydrogen-bond acceptors (Lipinski definition) is 5. The Labute approximate surface area is 172 Å². The Morgan fingerprint density at radius 1 is 1.14 bits per heavy atom. The number of sulfonamides is 1. The van der Waals surface area contributed by atoms with Crippen LogP contribution in [-0.4, -0.2) is 33.4 Å². The van der Waals surface area contributed by atoms with Gasteiger partial charge in [0.15, 0.2) is 0 Å². The molecule has 1 atom stereocenters. The monoisotopic (exact) mass is 468 g/mol. The molecule has 7 nitrogen and oxygen atoms in total. The van der Waals surface area contributed by atoms with E-state index < -0.39 is 21.9 Å². The highest BCUT2D eigenvalue weighted by Crippen LogP contribution is 2.25. The molecule has 0 fully saturated rings. The number of carbonyl (C=O) groups is 2. The van der Waals surface area contributed by atoms with Gasteiger partial charge in [-0.25, -0.2) is 13.2 Å². The number of ether oxygens (including phenoxy) is 1. The van der Waals surface area contributed by atoms with Gasteiger partial charge in [0, 0.05) is 10.5 Å². The maximum Gasteiger partial charge on any atom is 0.339 e. The van der Waals surface area contributed by atoms with Gasteiger partial charge in [-0.05, 0) is 43.7 Å². The highest BCUT2D eigenvalue weighted by Gasteiger charge is 2.25. The van der Waals surface area contributed by atoms with E-state index in [1.807, 2.05) is 13.8 Å². The Morgan fingerprint density at radius 2 is 1.82 bits per heavy atom. The molecular formula is C19H21BrN2O5S. The van der Waals surface area contributed by atoms with Crippen LogP contribution in [0.25, 0.3) is 0 Å². The van der Waals surface area contributed by atoms with Crippen LogP contribution in [0.1, 0.15) is 41.0 Å². The molecule has 2 aromatic rings. The lowest BCUT2D eigenvalue weighted by molar-refractivity contribution is 0.0596. The third-order valence-corrected chi connectivity index (χ3v) is 5.96. The molecule has 0 aromatic heterocycles. The van der Waals surface area contributed by atoms with E-state index in [-0.39, 0.29) is 27.8 Å². The van der Waals surface area contributed by atoms with E-state index >= 15 is 0 Å². The summed E-state index contributed by atoms with van der Waals surface area (Å²) in [5, 5.41) is 2.80. The number of nitrogens with one attached hydrogen (secondary N) is 2. The van der Waals surface area contributed by atoms with Crippen LogP contribution in [0.3, 0.4) is 0 Å². The molecule has 0 bridgehead atoms. The minimum atomic E-state index is -4.16. The van der Waals surface area contributed by atoms with E-state index in [9.17, 15) is 18.0 Å². The molecule has 2 rings (SSSR count). The number of esters is 1. The number of rotatable bonds is 7. The summed E-state index contributed by atoms with van der Waals surface area (Å²) < 4.78 is 33.5. The zero-order valence-corrected chi connectivity index (χ0v) is 18.1. The van der Waals surface area contributed by atoms with Crippen LogP contribution in [0, 0.1) is 0 Å². The summed E-state index contributed by atoms with van der Waals surface area (Å²) >= 11 is 3.21. The molecule has 0 aliphatic carbocycles. The minimum Gasteiger partial charge on any atom is -0.465 e. The van der Waals surface area contributed by atoms with Crippen molar-refractivity contribution in [3.05, 3.63) is 58.1 Å². The summed E-state index contributed by atoms with van der Waals surface area (Å²) in [5.41, 5.74) is 0.177. The van der Waals surface area contributed by atoms with Crippen LogP contribution in [0.5, 0.6) is 0 Å². The van der Waals surface area contributed by atoms with Crippen molar-refractivity contribution in [3.63, 3.8) is 0 Å². The Hall–Kier alpha value is -2.39. The number of anilines is 1. The largest absolute Gasteiger partial charge is 0.465 e. The van der Waals surface area contributed by atoms with Crippen molar-refractivity contribution < 1.29 is 22.7 Å². The molecule has 0 aliphatic heterocycles. The molecule has 1 amide bonds. The molecule has 0 spiro atoms. The van der Waals surface area contributed by atoms with Crippen molar-refractivity contribution >= 4 is 43.5 Å². The molecule has 1 unspecified atom stereocenters. The molecule has 0 aliphatic rings. The van der Waals surface area contributed by atoms with E-state index in [2.05, 4.69) is 30.7 Å². The van der Waals surface area contributed by atoms with Gasteiger partial charge >= 0.3 is 5.97 Å². The van der Waals surface area contributed by atoms with Crippen LogP contribution in [0.15, 0.2) is 51.8 Å². The third kappa shape index (κ3) is 5.11. The summed E-state index contributed by atoms with van der Waals surface area (Å²) in [7, 11) is -2.99. The average Bonchev–Trinajstić information content (AvgIpc) is 2.66. The second-order valence-corrected chi connectivity index (χ2v) is 8.63. The third-order valence-electron chi connectivity index (χ3n) is 4.04. The van der Waals surface area contributed by atoms with Gasteiger partial charge in [0.1, 0.15) is 4.90 Å². The van der Waals surface area contributed by atoms with Crippen LogP contribution in [0.2, 0.25) is 0 Å². The summed E-state index contributed by atoms with van der Waals surface area (Å²) in [5.74, 6) is -1.18. The summed E-state index contributed by atoms with van der Waals surface area (Å²) in [6.07, 6.45) is 0.737. The van der Waals surface area contributed by atoms with Gasteiger partial charge in [-0.3, -0.25) is 9.52 Å². The average molecular weight is 469 g/mol. The zero-order chi connectivity index (χ0) is 20.9. The van der Waals surface area contributed by atoms with E-state index in [1.54, 1.807) is 12.1 Å². The maximum atomic E-state index is 12.9. The number of carbonyl (C=O) groups excluding carboxylic acids is 2. The number of benzene rings is 2. The highest BCUT2D eigenvalue weighted by molar-refractivity contribution is 9.10. The lowest BCUT2D eigenvalue weighted by Crippen LogP contribution is -2.32. The smallest absolute Gasteiger partial charge is 0.339 e. The van der Waals surface area contributed by atoms with Crippen molar-refractivity contribution in [1.29, 1.82) is 0 Å². The van der Waals surface area contributed by atoms with E-state index in [0.29, 0.717) is 4.47 Å². The molecule has 0 saturated carbocycles. The second-order valence-electron chi connectivity index (χ2n) is 6.07. The predicted octanol–water partition coefficient (Wildman–Crippen LogP) is 3.56. The van der Waals surface area contributed by atoms with Crippen LogP contribution < -0.4 is 10.0 Å². The van der Waals surface area contributed by atoms with Gasteiger partial charge < -0.3 is 10.1 Å². The predicted molar refractivity (Wildman–Crippen MR) is 110 cm³/mol. The number of para-hydroxylation sites is 1. The fraction of sp³-hybridized carbons (Fsp3) is 0.263. The minimum absolute atomic E-state index is 0.0606. The molecule has 0 heterocycles. The Balaban J connectivity index is 2.44. The first-order valence-electron chi connectivity index (χ1n) is 8.50. The Kier molecular flexibility index (Phi) is 7.20.